The Morgan fingerprint density at radius 2 is 1.82 bits per heavy atom. The lowest BCUT2D eigenvalue weighted by atomic mass is 10.1. The van der Waals surface area contributed by atoms with E-state index in [1.54, 1.807) is 0 Å². The van der Waals surface area contributed by atoms with Crippen molar-refractivity contribution in [3.63, 3.8) is 0 Å². The molecule has 1 N–H and O–H groups in total. The number of benzene rings is 3. The van der Waals surface area contributed by atoms with Crippen LogP contribution in [0.5, 0.6) is 0 Å². The van der Waals surface area contributed by atoms with Crippen molar-refractivity contribution in [1.82, 2.24) is 9.55 Å². The summed E-state index contributed by atoms with van der Waals surface area (Å²) in [5.74, 6) is 0.697. The molecular formula is C23H20BrN3O. The first kappa shape index (κ1) is 18.4. The van der Waals surface area contributed by atoms with Crippen molar-refractivity contribution in [3.05, 3.63) is 82.8 Å². The molecule has 0 fully saturated rings. The van der Waals surface area contributed by atoms with Gasteiger partial charge in [0.25, 0.3) is 0 Å². The Balaban J connectivity index is 1.66. The third-order valence-corrected chi connectivity index (χ3v) is 5.18. The van der Waals surface area contributed by atoms with E-state index in [1.807, 2.05) is 77.4 Å². The quantitative estimate of drug-likeness (QED) is 0.440. The number of carbonyl (C=O) groups excluding carboxylic acids is 1. The molecule has 28 heavy (non-hydrogen) atoms. The number of rotatable bonds is 5. The second kappa shape index (κ2) is 7.98. The smallest absolute Gasteiger partial charge is 0.244 e. The summed E-state index contributed by atoms with van der Waals surface area (Å²) in [4.78, 5) is 17.5. The van der Waals surface area contributed by atoms with Crippen LogP contribution in [0.2, 0.25) is 0 Å². The van der Waals surface area contributed by atoms with Crippen LogP contribution in [0.25, 0.3) is 22.4 Å². The zero-order valence-electron chi connectivity index (χ0n) is 15.5. The molecule has 0 aliphatic heterocycles. The van der Waals surface area contributed by atoms with Crippen LogP contribution in [-0.4, -0.2) is 15.5 Å². The van der Waals surface area contributed by atoms with E-state index in [4.69, 9.17) is 4.98 Å². The molecule has 4 aromatic rings. The maximum Gasteiger partial charge on any atom is 0.244 e. The number of hydrogen-bond donors (Lipinski definition) is 1. The molecule has 0 saturated heterocycles. The lowest BCUT2D eigenvalue weighted by Gasteiger charge is -2.11. The number of aryl methyl sites for hydroxylation is 1. The van der Waals surface area contributed by atoms with Crippen LogP contribution in [0.1, 0.15) is 12.5 Å². The van der Waals surface area contributed by atoms with Gasteiger partial charge in [-0.25, -0.2) is 4.98 Å². The number of imidazole rings is 1. The number of carbonyl (C=O) groups is 1. The maximum absolute atomic E-state index is 12.8. The van der Waals surface area contributed by atoms with E-state index in [0.717, 1.165) is 39.0 Å². The first-order chi connectivity index (χ1) is 13.6. The standard InChI is InChI=1S/C23H20BrN3O/c1-2-16-10-12-19(13-11-16)25-22(28)15-27-21-9-4-3-8-20(21)26-23(27)17-6-5-7-18(24)14-17/h3-14H,2,15H2,1H3,(H,25,28). The van der Waals surface area contributed by atoms with E-state index in [9.17, 15) is 4.79 Å². The largest absolute Gasteiger partial charge is 0.325 e. The minimum Gasteiger partial charge on any atom is -0.325 e. The van der Waals surface area contributed by atoms with Crippen LogP contribution in [-0.2, 0) is 17.8 Å². The molecule has 0 aliphatic rings. The molecule has 4 rings (SSSR count). The Bertz CT molecular complexity index is 1130. The summed E-state index contributed by atoms with van der Waals surface area (Å²) >= 11 is 3.52. The van der Waals surface area contributed by atoms with E-state index in [1.165, 1.54) is 5.56 Å². The molecule has 0 bridgehead atoms. The van der Waals surface area contributed by atoms with Crippen LogP contribution in [0.3, 0.4) is 0 Å². The van der Waals surface area contributed by atoms with Crippen LogP contribution in [0.15, 0.2) is 77.3 Å². The number of aromatic nitrogens is 2. The average molecular weight is 434 g/mol. The van der Waals surface area contributed by atoms with Gasteiger partial charge in [-0.05, 0) is 48.4 Å². The number of amides is 1. The van der Waals surface area contributed by atoms with Gasteiger partial charge < -0.3 is 9.88 Å². The fraction of sp³-hybridized carbons (Fsp3) is 0.130. The summed E-state index contributed by atoms with van der Waals surface area (Å²) < 4.78 is 2.94. The molecule has 5 heteroatoms. The van der Waals surface area contributed by atoms with Crippen molar-refractivity contribution in [1.29, 1.82) is 0 Å². The van der Waals surface area contributed by atoms with Crippen molar-refractivity contribution in [3.8, 4) is 11.4 Å². The first-order valence-electron chi connectivity index (χ1n) is 9.24. The Kier molecular flexibility index (Phi) is 5.26. The van der Waals surface area contributed by atoms with Crippen LogP contribution < -0.4 is 5.32 Å². The van der Waals surface area contributed by atoms with Crippen LogP contribution in [0, 0.1) is 0 Å². The molecule has 1 heterocycles. The molecule has 1 aromatic heterocycles. The van der Waals surface area contributed by atoms with Gasteiger partial charge in [0.05, 0.1) is 11.0 Å². The zero-order chi connectivity index (χ0) is 19.5. The van der Waals surface area contributed by atoms with Crippen LogP contribution in [0.4, 0.5) is 5.69 Å². The van der Waals surface area contributed by atoms with Crippen molar-refractivity contribution in [2.24, 2.45) is 0 Å². The van der Waals surface area contributed by atoms with Crippen molar-refractivity contribution < 1.29 is 4.79 Å². The third kappa shape index (κ3) is 3.85. The number of anilines is 1. The summed E-state index contributed by atoms with van der Waals surface area (Å²) in [5.41, 5.74) is 4.82. The molecule has 1 amide bonds. The minimum atomic E-state index is -0.0800. The van der Waals surface area contributed by atoms with Crippen molar-refractivity contribution in [2.75, 3.05) is 5.32 Å². The van der Waals surface area contributed by atoms with E-state index >= 15 is 0 Å². The van der Waals surface area contributed by atoms with E-state index in [-0.39, 0.29) is 12.5 Å². The molecule has 140 valence electrons. The molecule has 0 saturated carbocycles. The Labute approximate surface area is 172 Å². The second-order valence-corrected chi connectivity index (χ2v) is 7.53. The summed E-state index contributed by atoms with van der Waals surface area (Å²) in [5, 5.41) is 2.99. The predicted octanol–water partition coefficient (Wildman–Crippen LogP) is 5.67. The van der Waals surface area contributed by atoms with E-state index in [0.29, 0.717) is 0 Å². The molecule has 0 atom stereocenters. The molecule has 0 unspecified atom stereocenters. The highest BCUT2D eigenvalue weighted by Gasteiger charge is 2.15. The predicted molar refractivity (Wildman–Crippen MR) is 117 cm³/mol. The van der Waals surface area contributed by atoms with E-state index < -0.39 is 0 Å². The number of nitrogens with one attached hydrogen (secondary N) is 1. The number of para-hydroxylation sites is 2. The lowest BCUT2D eigenvalue weighted by molar-refractivity contribution is -0.116. The average Bonchev–Trinajstić information content (AvgIpc) is 3.07. The number of fused-ring (bicyclic) bond motifs is 1. The van der Waals surface area contributed by atoms with Gasteiger partial charge in [0.15, 0.2) is 0 Å². The normalized spacial score (nSPS) is 10.9. The van der Waals surface area contributed by atoms with Gasteiger partial charge in [0.1, 0.15) is 12.4 Å². The maximum atomic E-state index is 12.8. The zero-order valence-corrected chi connectivity index (χ0v) is 17.1. The minimum absolute atomic E-state index is 0.0800. The fourth-order valence-corrected chi connectivity index (χ4v) is 3.65. The van der Waals surface area contributed by atoms with Crippen molar-refractivity contribution in [2.45, 2.75) is 19.9 Å². The first-order valence-corrected chi connectivity index (χ1v) is 10.0. The topological polar surface area (TPSA) is 46.9 Å². The highest BCUT2D eigenvalue weighted by atomic mass is 79.9. The molecule has 0 spiro atoms. The Morgan fingerprint density at radius 3 is 2.57 bits per heavy atom. The van der Waals surface area contributed by atoms with Gasteiger partial charge in [0.2, 0.25) is 5.91 Å². The summed E-state index contributed by atoms with van der Waals surface area (Å²) in [7, 11) is 0. The summed E-state index contributed by atoms with van der Waals surface area (Å²) in [6.07, 6.45) is 0.977. The molecule has 3 aromatic carbocycles. The van der Waals surface area contributed by atoms with Gasteiger partial charge >= 0.3 is 0 Å². The highest BCUT2D eigenvalue weighted by molar-refractivity contribution is 9.10. The number of hydrogen-bond acceptors (Lipinski definition) is 2. The SMILES string of the molecule is CCc1ccc(NC(=O)Cn2c(-c3cccc(Br)c3)nc3ccccc32)cc1. The number of halogens is 1. The Morgan fingerprint density at radius 1 is 1.04 bits per heavy atom. The summed E-state index contributed by atoms with van der Waals surface area (Å²) in [6.45, 7) is 2.30. The number of nitrogens with zero attached hydrogens (tertiary/aromatic N) is 2. The second-order valence-electron chi connectivity index (χ2n) is 6.62. The lowest BCUT2D eigenvalue weighted by Crippen LogP contribution is -2.19. The van der Waals surface area contributed by atoms with E-state index in [2.05, 4.69) is 28.2 Å². The Hall–Kier alpha value is -2.92. The van der Waals surface area contributed by atoms with Gasteiger partial charge in [-0.1, -0.05) is 59.3 Å². The molecule has 4 nitrogen and oxygen atoms in total. The van der Waals surface area contributed by atoms with Crippen molar-refractivity contribution >= 4 is 38.6 Å². The van der Waals surface area contributed by atoms with Gasteiger partial charge in [-0.2, -0.15) is 0 Å². The molecular weight excluding hydrogens is 414 g/mol. The van der Waals surface area contributed by atoms with Crippen LogP contribution >= 0.6 is 15.9 Å². The summed E-state index contributed by atoms with van der Waals surface area (Å²) in [6, 6.07) is 23.8. The van der Waals surface area contributed by atoms with Gasteiger partial charge in [-0.3, -0.25) is 4.79 Å². The van der Waals surface area contributed by atoms with Gasteiger partial charge in [-0.15, -0.1) is 0 Å². The van der Waals surface area contributed by atoms with Gasteiger partial charge in [0, 0.05) is 15.7 Å². The third-order valence-electron chi connectivity index (χ3n) is 4.69. The highest BCUT2D eigenvalue weighted by Crippen LogP contribution is 2.27. The molecule has 0 radical (unpaired) electrons. The monoisotopic (exact) mass is 433 g/mol. The fourth-order valence-electron chi connectivity index (χ4n) is 3.25. The molecule has 0 aliphatic carbocycles.